The molecule has 1 atom stereocenters. The average molecular weight is 246 g/mol. The van der Waals surface area contributed by atoms with Crippen molar-refractivity contribution < 1.29 is 0 Å². The molecule has 0 saturated heterocycles. The molecule has 1 saturated carbocycles. The summed E-state index contributed by atoms with van der Waals surface area (Å²) in [7, 11) is 4.31. The second-order valence-electron chi connectivity index (χ2n) is 5.66. The zero-order valence-electron chi connectivity index (χ0n) is 11.9. The molecule has 2 heteroatoms. The number of nitrogens with one attached hydrogen (secondary N) is 1. The van der Waals surface area contributed by atoms with Crippen molar-refractivity contribution >= 4 is 5.69 Å². The van der Waals surface area contributed by atoms with Crippen molar-refractivity contribution in [1.29, 1.82) is 0 Å². The Morgan fingerprint density at radius 2 is 2.06 bits per heavy atom. The first-order valence-electron chi connectivity index (χ1n) is 7.16. The highest BCUT2D eigenvalue weighted by molar-refractivity contribution is 5.47. The lowest BCUT2D eigenvalue weighted by molar-refractivity contribution is 0.382. The van der Waals surface area contributed by atoms with Gasteiger partial charge in [0.15, 0.2) is 0 Å². The van der Waals surface area contributed by atoms with Gasteiger partial charge in [-0.3, -0.25) is 0 Å². The molecule has 1 aliphatic carbocycles. The van der Waals surface area contributed by atoms with Crippen LogP contribution in [0.3, 0.4) is 0 Å². The largest absolute Gasteiger partial charge is 0.373 e. The second kappa shape index (κ2) is 6.24. The second-order valence-corrected chi connectivity index (χ2v) is 5.66. The third-order valence-corrected chi connectivity index (χ3v) is 4.25. The van der Waals surface area contributed by atoms with Crippen molar-refractivity contribution in [2.75, 3.05) is 25.5 Å². The summed E-state index contributed by atoms with van der Waals surface area (Å²) in [6.45, 7) is 3.26. The molecular weight excluding hydrogens is 220 g/mol. The Labute approximate surface area is 111 Å². The van der Waals surface area contributed by atoms with Gasteiger partial charge in [0, 0.05) is 25.3 Å². The van der Waals surface area contributed by atoms with Crippen LogP contribution in [-0.2, 0) is 0 Å². The monoisotopic (exact) mass is 246 g/mol. The van der Waals surface area contributed by atoms with Gasteiger partial charge in [0.25, 0.3) is 0 Å². The predicted molar refractivity (Wildman–Crippen MR) is 79.3 cm³/mol. The number of likely N-dealkylation sites (N-methyl/N-ethyl adjacent to an activating group) is 2. The van der Waals surface area contributed by atoms with Crippen molar-refractivity contribution in [3.63, 3.8) is 0 Å². The van der Waals surface area contributed by atoms with Crippen LogP contribution in [0.1, 0.15) is 31.2 Å². The molecule has 2 nitrogen and oxygen atoms in total. The minimum Gasteiger partial charge on any atom is -0.373 e. The van der Waals surface area contributed by atoms with Crippen molar-refractivity contribution in [2.24, 2.45) is 5.92 Å². The molecule has 1 unspecified atom stereocenters. The molecule has 0 bridgehead atoms. The molecule has 1 aromatic carbocycles. The Balaban J connectivity index is 1.98. The van der Waals surface area contributed by atoms with Crippen LogP contribution in [-0.4, -0.2) is 26.7 Å². The van der Waals surface area contributed by atoms with Gasteiger partial charge in [-0.05, 0) is 50.4 Å². The lowest BCUT2D eigenvalue weighted by Crippen LogP contribution is -2.42. The maximum Gasteiger partial charge on any atom is 0.0366 e. The third-order valence-electron chi connectivity index (χ3n) is 4.25. The maximum atomic E-state index is 3.52. The molecule has 1 fully saturated rings. The summed E-state index contributed by atoms with van der Waals surface area (Å²) < 4.78 is 0. The van der Waals surface area contributed by atoms with Gasteiger partial charge in [-0.25, -0.2) is 0 Å². The van der Waals surface area contributed by atoms with E-state index >= 15 is 0 Å². The van der Waals surface area contributed by atoms with Gasteiger partial charge in [-0.1, -0.05) is 25.0 Å². The van der Waals surface area contributed by atoms with E-state index in [2.05, 4.69) is 55.5 Å². The van der Waals surface area contributed by atoms with Gasteiger partial charge in [0.2, 0.25) is 0 Å². The Kier molecular flexibility index (Phi) is 4.65. The molecule has 1 aliphatic rings. The number of benzene rings is 1. The average Bonchev–Trinajstić information content (AvgIpc) is 2.89. The zero-order valence-corrected chi connectivity index (χ0v) is 11.9. The molecule has 0 radical (unpaired) electrons. The SMILES string of the molecule is CNC(CN(C)c1cccc(C)c1)C1CCCC1. The summed E-state index contributed by atoms with van der Waals surface area (Å²) in [4.78, 5) is 2.38. The molecule has 18 heavy (non-hydrogen) atoms. The highest BCUT2D eigenvalue weighted by atomic mass is 15.1. The first kappa shape index (κ1) is 13.4. The van der Waals surface area contributed by atoms with E-state index in [0.717, 1.165) is 12.5 Å². The van der Waals surface area contributed by atoms with E-state index in [1.807, 2.05) is 0 Å². The third kappa shape index (κ3) is 3.26. The molecule has 1 aromatic rings. The molecule has 0 aromatic heterocycles. The Hall–Kier alpha value is -1.02. The van der Waals surface area contributed by atoms with E-state index < -0.39 is 0 Å². The zero-order chi connectivity index (χ0) is 13.0. The van der Waals surface area contributed by atoms with Gasteiger partial charge in [-0.2, -0.15) is 0 Å². The highest BCUT2D eigenvalue weighted by Crippen LogP contribution is 2.28. The quantitative estimate of drug-likeness (QED) is 0.858. The van der Waals surface area contributed by atoms with Gasteiger partial charge in [0.1, 0.15) is 0 Å². The van der Waals surface area contributed by atoms with Crippen molar-refractivity contribution in [3.8, 4) is 0 Å². The van der Waals surface area contributed by atoms with E-state index in [9.17, 15) is 0 Å². The summed E-state index contributed by atoms with van der Waals surface area (Å²) in [6, 6.07) is 9.39. The summed E-state index contributed by atoms with van der Waals surface area (Å²) in [5.41, 5.74) is 2.66. The van der Waals surface area contributed by atoms with Crippen LogP contribution < -0.4 is 10.2 Å². The summed E-state index contributed by atoms with van der Waals surface area (Å²) >= 11 is 0. The van der Waals surface area contributed by atoms with Crippen LogP contribution in [0.2, 0.25) is 0 Å². The van der Waals surface area contributed by atoms with Crippen molar-refractivity contribution in [1.82, 2.24) is 5.32 Å². The normalized spacial score (nSPS) is 17.9. The number of aryl methyl sites for hydroxylation is 1. The van der Waals surface area contributed by atoms with Crippen LogP contribution >= 0.6 is 0 Å². The summed E-state index contributed by atoms with van der Waals surface area (Å²) in [5, 5.41) is 3.52. The first-order valence-corrected chi connectivity index (χ1v) is 7.16. The minimum absolute atomic E-state index is 0.623. The van der Waals surface area contributed by atoms with Gasteiger partial charge in [0.05, 0.1) is 0 Å². The summed E-state index contributed by atoms with van der Waals surface area (Å²) in [5.74, 6) is 0.863. The van der Waals surface area contributed by atoms with Gasteiger partial charge >= 0.3 is 0 Å². The van der Waals surface area contributed by atoms with Crippen molar-refractivity contribution in [3.05, 3.63) is 29.8 Å². The minimum atomic E-state index is 0.623. The highest BCUT2D eigenvalue weighted by Gasteiger charge is 2.24. The van der Waals surface area contributed by atoms with E-state index in [1.54, 1.807) is 0 Å². The van der Waals surface area contributed by atoms with Crippen molar-refractivity contribution in [2.45, 2.75) is 38.6 Å². The van der Waals surface area contributed by atoms with E-state index in [0.29, 0.717) is 6.04 Å². The number of hydrogen-bond acceptors (Lipinski definition) is 2. The fourth-order valence-electron chi connectivity index (χ4n) is 3.10. The molecular formula is C16H26N2. The summed E-state index contributed by atoms with van der Waals surface area (Å²) in [6.07, 6.45) is 5.62. The number of anilines is 1. The van der Waals surface area contributed by atoms with E-state index in [4.69, 9.17) is 0 Å². The van der Waals surface area contributed by atoms with E-state index in [-0.39, 0.29) is 0 Å². The van der Waals surface area contributed by atoms with Crippen LogP contribution in [0.5, 0.6) is 0 Å². The van der Waals surface area contributed by atoms with Gasteiger partial charge in [-0.15, -0.1) is 0 Å². The Morgan fingerprint density at radius 3 is 2.67 bits per heavy atom. The molecule has 0 spiro atoms. The van der Waals surface area contributed by atoms with Crippen LogP contribution in [0, 0.1) is 12.8 Å². The number of hydrogen-bond donors (Lipinski definition) is 1. The number of rotatable bonds is 5. The molecule has 2 rings (SSSR count). The smallest absolute Gasteiger partial charge is 0.0366 e. The van der Waals surface area contributed by atoms with Crippen LogP contribution in [0.4, 0.5) is 5.69 Å². The topological polar surface area (TPSA) is 15.3 Å². The molecule has 0 amide bonds. The first-order chi connectivity index (χ1) is 8.70. The van der Waals surface area contributed by atoms with Crippen LogP contribution in [0.25, 0.3) is 0 Å². The molecule has 0 aliphatic heterocycles. The molecule has 0 heterocycles. The Bertz CT molecular complexity index is 369. The molecule has 1 N–H and O–H groups in total. The maximum absolute atomic E-state index is 3.52. The lowest BCUT2D eigenvalue weighted by atomic mass is 9.97. The van der Waals surface area contributed by atoms with E-state index in [1.165, 1.54) is 36.9 Å². The fraction of sp³-hybridized carbons (Fsp3) is 0.625. The van der Waals surface area contributed by atoms with Gasteiger partial charge < -0.3 is 10.2 Å². The lowest BCUT2D eigenvalue weighted by Gasteiger charge is -2.29. The predicted octanol–water partition coefficient (Wildman–Crippen LogP) is 3.21. The Morgan fingerprint density at radius 1 is 1.33 bits per heavy atom. The molecule has 100 valence electrons. The number of nitrogens with zero attached hydrogens (tertiary/aromatic N) is 1. The standard InChI is InChI=1S/C16H26N2/c1-13-7-6-10-15(11-13)18(3)12-16(17-2)14-8-4-5-9-14/h6-7,10-11,14,16-17H,4-5,8-9,12H2,1-3H3. The van der Waals surface area contributed by atoms with Crippen LogP contribution in [0.15, 0.2) is 24.3 Å². The fourth-order valence-corrected chi connectivity index (χ4v) is 3.10.